The lowest BCUT2D eigenvalue weighted by atomic mass is 10.3. The van der Waals surface area contributed by atoms with Crippen LogP contribution in [0.2, 0.25) is 0 Å². The standard InChI is InChI=1S/C21H23N3O6S/c1-2-29-18-8-10-19(11-9-18)31(27,28)23-14-12-21(26)30-16-20(25)24(15-13-22)17-6-4-3-5-7-17/h3-11,23H,2,12,14-16H2,1H3. The van der Waals surface area contributed by atoms with Crippen molar-refractivity contribution in [1.29, 1.82) is 5.26 Å². The molecule has 0 aliphatic heterocycles. The van der Waals surface area contributed by atoms with E-state index in [9.17, 15) is 18.0 Å². The number of sulfonamides is 1. The van der Waals surface area contributed by atoms with Gasteiger partial charge in [-0.1, -0.05) is 18.2 Å². The predicted octanol–water partition coefficient (Wildman–Crippen LogP) is 1.85. The maximum Gasteiger partial charge on any atom is 0.307 e. The molecular weight excluding hydrogens is 422 g/mol. The summed E-state index contributed by atoms with van der Waals surface area (Å²) in [5.74, 6) is -0.751. The first-order valence-electron chi connectivity index (χ1n) is 9.48. The first-order valence-corrected chi connectivity index (χ1v) is 11.0. The Bertz CT molecular complexity index is 1020. The van der Waals surface area contributed by atoms with E-state index in [-0.39, 0.29) is 24.4 Å². The fraction of sp³-hybridized carbons (Fsp3) is 0.286. The number of benzene rings is 2. The van der Waals surface area contributed by atoms with Crippen molar-refractivity contribution in [2.45, 2.75) is 18.2 Å². The third-order valence-electron chi connectivity index (χ3n) is 4.02. The zero-order valence-corrected chi connectivity index (χ0v) is 17.8. The highest BCUT2D eigenvalue weighted by Crippen LogP contribution is 2.16. The van der Waals surface area contributed by atoms with Gasteiger partial charge in [0.1, 0.15) is 12.3 Å². The molecule has 10 heteroatoms. The second-order valence-corrected chi connectivity index (χ2v) is 7.95. The van der Waals surface area contributed by atoms with Crippen LogP contribution in [-0.2, 0) is 24.3 Å². The highest BCUT2D eigenvalue weighted by atomic mass is 32.2. The van der Waals surface area contributed by atoms with Gasteiger partial charge in [0, 0.05) is 12.2 Å². The van der Waals surface area contributed by atoms with Crippen LogP contribution in [0.25, 0.3) is 0 Å². The molecule has 1 N–H and O–H groups in total. The van der Waals surface area contributed by atoms with Crippen molar-refractivity contribution < 1.29 is 27.5 Å². The second kappa shape index (κ2) is 11.7. The van der Waals surface area contributed by atoms with E-state index in [2.05, 4.69) is 4.72 Å². The molecule has 164 valence electrons. The first kappa shape index (κ1) is 23.9. The lowest BCUT2D eigenvalue weighted by Gasteiger charge is -2.19. The third-order valence-corrected chi connectivity index (χ3v) is 5.50. The SMILES string of the molecule is CCOc1ccc(S(=O)(=O)NCCC(=O)OCC(=O)N(CC#N)c2ccccc2)cc1. The average Bonchev–Trinajstić information content (AvgIpc) is 2.77. The van der Waals surface area contributed by atoms with E-state index in [1.807, 2.05) is 13.0 Å². The van der Waals surface area contributed by atoms with Crippen molar-refractivity contribution in [1.82, 2.24) is 4.72 Å². The average molecular weight is 445 g/mol. The molecule has 0 bridgehead atoms. The van der Waals surface area contributed by atoms with Gasteiger partial charge in [0.2, 0.25) is 10.0 Å². The summed E-state index contributed by atoms with van der Waals surface area (Å²) in [6, 6.07) is 16.3. The lowest BCUT2D eigenvalue weighted by Crippen LogP contribution is -2.35. The van der Waals surface area contributed by atoms with Gasteiger partial charge in [-0.15, -0.1) is 0 Å². The second-order valence-electron chi connectivity index (χ2n) is 6.19. The van der Waals surface area contributed by atoms with Crippen LogP contribution in [0.5, 0.6) is 5.75 Å². The molecule has 2 aromatic carbocycles. The van der Waals surface area contributed by atoms with Gasteiger partial charge >= 0.3 is 5.97 Å². The lowest BCUT2D eigenvalue weighted by molar-refractivity contribution is -0.147. The number of esters is 1. The number of rotatable bonds is 11. The Morgan fingerprint density at radius 3 is 2.39 bits per heavy atom. The number of hydrogen-bond donors (Lipinski definition) is 1. The topological polar surface area (TPSA) is 126 Å². The summed E-state index contributed by atoms with van der Waals surface area (Å²) in [6.07, 6.45) is -0.257. The summed E-state index contributed by atoms with van der Waals surface area (Å²) in [5, 5.41) is 8.93. The molecule has 0 spiro atoms. The number of hydrogen-bond acceptors (Lipinski definition) is 7. The third kappa shape index (κ3) is 7.40. The fourth-order valence-corrected chi connectivity index (χ4v) is 3.58. The van der Waals surface area contributed by atoms with Gasteiger partial charge in [0.15, 0.2) is 6.61 Å². The minimum atomic E-state index is -3.80. The van der Waals surface area contributed by atoms with Crippen molar-refractivity contribution >= 4 is 27.6 Å². The largest absolute Gasteiger partial charge is 0.494 e. The Morgan fingerprint density at radius 1 is 1.10 bits per heavy atom. The van der Waals surface area contributed by atoms with Crippen LogP contribution in [0, 0.1) is 11.3 Å². The first-order chi connectivity index (χ1) is 14.9. The van der Waals surface area contributed by atoms with Gasteiger partial charge < -0.3 is 9.47 Å². The van der Waals surface area contributed by atoms with E-state index < -0.39 is 28.5 Å². The Kier molecular flexibility index (Phi) is 8.99. The van der Waals surface area contributed by atoms with Gasteiger partial charge in [0.05, 0.1) is 24.0 Å². The van der Waals surface area contributed by atoms with Crippen molar-refractivity contribution in [3.63, 3.8) is 0 Å². The molecule has 0 aromatic heterocycles. The number of carbonyl (C=O) groups is 2. The number of nitrogens with one attached hydrogen (secondary N) is 1. The Morgan fingerprint density at radius 2 is 1.77 bits per heavy atom. The molecular formula is C21H23N3O6S. The fourth-order valence-electron chi connectivity index (χ4n) is 2.55. The van der Waals surface area contributed by atoms with Crippen LogP contribution in [-0.4, -0.2) is 46.6 Å². The summed E-state index contributed by atoms with van der Waals surface area (Å²) < 4.78 is 37.0. The Hall–Kier alpha value is -3.42. The number of nitriles is 1. The van der Waals surface area contributed by atoms with Gasteiger partial charge in [0.25, 0.3) is 5.91 Å². The van der Waals surface area contributed by atoms with Crippen LogP contribution in [0.15, 0.2) is 59.5 Å². The molecule has 0 saturated carbocycles. The number of para-hydroxylation sites is 1. The quantitative estimate of drug-likeness (QED) is 0.413. The van der Waals surface area contributed by atoms with E-state index in [1.165, 1.54) is 29.2 Å². The molecule has 0 saturated heterocycles. The molecule has 0 aliphatic rings. The number of amides is 1. The van der Waals surface area contributed by atoms with Gasteiger partial charge in [-0.3, -0.25) is 14.5 Å². The van der Waals surface area contributed by atoms with Crippen molar-refractivity contribution in [2.24, 2.45) is 0 Å². The molecule has 2 rings (SSSR count). The van der Waals surface area contributed by atoms with Crippen LogP contribution < -0.4 is 14.4 Å². The summed E-state index contributed by atoms with van der Waals surface area (Å²) in [6.45, 7) is 1.35. The van der Waals surface area contributed by atoms with E-state index >= 15 is 0 Å². The van der Waals surface area contributed by atoms with Crippen molar-refractivity contribution in [3.05, 3.63) is 54.6 Å². The zero-order valence-electron chi connectivity index (χ0n) is 17.0. The van der Waals surface area contributed by atoms with E-state index in [1.54, 1.807) is 30.3 Å². The minimum Gasteiger partial charge on any atom is -0.494 e. The van der Waals surface area contributed by atoms with Crippen molar-refractivity contribution in [3.8, 4) is 11.8 Å². The van der Waals surface area contributed by atoms with E-state index in [0.29, 0.717) is 18.0 Å². The van der Waals surface area contributed by atoms with Crippen LogP contribution in [0.4, 0.5) is 5.69 Å². The zero-order chi connectivity index (χ0) is 22.7. The summed E-state index contributed by atoms with van der Waals surface area (Å²) in [4.78, 5) is 25.4. The smallest absolute Gasteiger partial charge is 0.307 e. The highest BCUT2D eigenvalue weighted by Gasteiger charge is 2.18. The molecule has 31 heavy (non-hydrogen) atoms. The van der Waals surface area contributed by atoms with Crippen LogP contribution in [0.3, 0.4) is 0 Å². The molecule has 0 radical (unpaired) electrons. The number of anilines is 1. The summed E-state index contributed by atoms with van der Waals surface area (Å²) in [5.41, 5.74) is 0.508. The molecule has 0 heterocycles. The Balaban J connectivity index is 1.82. The van der Waals surface area contributed by atoms with Gasteiger partial charge in [-0.2, -0.15) is 5.26 Å². The Labute approximate surface area is 181 Å². The van der Waals surface area contributed by atoms with Crippen LogP contribution >= 0.6 is 0 Å². The molecule has 1 amide bonds. The van der Waals surface area contributed by atoms with Crippen LogP contribution in [0.1, 0.15) is 13.3 Å². The maximum atomic E-state index is 12.3. The number of nitrogens with zero attached hydrogens (tertiary/aromatic N) is 2. The number of carbonyl (C=O) groups excluding carboxylic acids is 2. The molecule has 0 unspecified atom stereocenters. The highest BCUT2D eigenvalue weighted by molar-refractivity contribution is 7.89. The number of ether oxygens (including phenoxy) is 2. The molecule has 2 aromatic rings. The minimum absolute atomic E-state index is 0.0366. The van der Waals surface area contributed by atoms with Gasteiger partial charge in [-0.25, -0.2) is 13.1 Å². The van der Waals surface area contributed by atoms with E-state index in [4.69, 9.17) is 14.7 Å². The molecule has 0 fully saturated rings. The monoisotopic (exact) mass is 445 g/mol. The summed E-state index contributed by atoms with van der Waals surface area (Å²) >= 11 is 0. The molecule has 0 atom stereocenters. The van der Waals surface area contributed by atoms with E-state index in [0.717, 1.165) is 0 Å². The molecule has 9 nitrogen and oxygen atoms in total. The maximum absolute atomic E-state index is 12.3. The van der Waals surface area contributed by atoms with Crippen molar-refractivity contribution in [2.75, 3.05) is 31.2 Å². The normalized spacial score (nSPS) is 10.7. The summed E-state index contributed by atoms with van der Waals surface area (Å²) in [7, 11) is -3.80. The predicted molar refractivity (Wildman–Crippen MR) is 113 cm³/mol. The molecule has 0 aliphatic carbocycles. The van der Waals surface area contributed by atoms with Gasteiger partial charge in [-0.05, 0) is 43.3 Å².